The van der Waals surface area contributed by atoms with Crippen LogP contribution in [0.4, 0.5) is 0 Å². The molecule has 0 bridgehead atoms. The van der Waals surface area contributed by atoms with E-state index in [-0.39, 0.29) is 5.97 Å². The second-order valence-corrected chi connectivity index (χ2v) is 7.69. The number of rotatable bonds is 20. The largest absolute Gasteiger partial charge is 0.466 e. The topological polar surface area (TPSA) is 38.7 Å². The van der Waals surface area contributed by atoms with Gasteiger partial charge in [0.05, 0.1) is 6.61 Å². The van der Waals surface area contributed by atoms with Crippen molar-refractivity contribution in [2.75, 3.05) is 13.2 Å². The Labute approximate surface area is 163 Å². The Kier molecular flexibility index (Phi) is 19.8. The Bertz CT molecular complexity index is 307. The summed E-state index contributed by atoms with van der Waals surface area (Å²) in [4.78, 5) is 15.7. The molecule has 0 aliphatic carbocycles. The van der Waals surface area contributed by atoms with Crippen LogP contribution >= 0.6 is 0 Å². The second kappa shape index (κ2) is 20.5. The van der Waals surface area contributed by atoms with E-state index < -0.39 is 0 Å². The molecule has 0 N–H and O–H groups in total. The molecule has 0 radical (unpaired) electrons. The molecular weight excluding hydrogens is 322 g/mol. The van der Waals surface area contributed by atoms with Crippen molar-refractivity contribution in [1.29, 1.82) is 0 Å². The zero-order valence-corrected chi connectivity index (χ0v) is 17.8. The zero-order valence-electron chi connectivity index (χ0n) is 17.8. The number of unbranched alkanes of at least 4 members (excludes halogenated alkanes) is 9. The first-order chi connectivity index (χ1) is 12.7. The first-order valence-corrected chi connectivity index (χ1v) is 11.3. The highest BCUT2D eigenvalue weighted by Gasteiger charge is 2.10. The van der Waals surface area contributed by atoms with Crippen molar-refractivity contribution in [1.82, 2.24) is 0 Å². The molecule has 0 rings (SSSR count). The smallest absolute Gasteiger partial charge is 0.305 e. The first kappa shape index (κ1) is 25.1. The van der Waals surface area contributed by atoms with E-state index in [1.807, 2.05) is 0 Å². The minimum atomic E-state index is 0.00160. The van der Waals surface area contributed by atoms with Crippen molar-refractivity contribution in [2.24, 2.45) is 10.9 Å². The molecule has 3 heteroatoms. The van der Waals surface area contributed by atoms with E-state index in [9.17, 15) is 4.79 Å². The number of carbonyl (C=O) groups is 1. The van der Waals surface area contributed by atoms with Gasteiger partial charge < -0.3 is 9.73 Å². The van der Waals surface area contributed by atoms with Gasteiger partial charge in [-0.25, -0.2) is 0 Å². The monoisotopic (exact) mass is 367 g/mol. The predicted molar refractivity (Wildman–Crippen MR) is 114 cm³/mol. The average Bonchev–Trinajstić information content (AvgIpc) is 2.64. The van der Waals surface area contributed by atoms with Crippen LogP contribution in [0.25, 0.3) is 0 Å². The number of aliphatic imine (C=N–C) groups is 1. The Morgan fingerprint density at radius 2 is 1.38 bits per heavy atom. The van der Waals surface area contributed by atoms with Crippen LogP contribution in [0.3, 0.4) is 0 Å². The highest BCUT2D eigenvalue weighted by molar-refractivity contribution is 5.69. The maximum atomic E-state index is 11.9. The fourth-order valence-corrected chi connectivity index (χ4v) is 3.41. The van der Waals surface area contributed by atoms with Crippen LogP contribution in [0.5, 0.6) is 0 Å². The van der Waals surface area contributed by atoms with E-state index in [1.54, 1.807) is 0 Å². The Hall–Kier alpha value is -0.860. The molecule has 0 spiro atoms. The lowest BCUT2D eigenvalue weighted by Crippen LogP contribution is -2.10. The highest BCUT2D eigenvalue weighted by atomic mass is 16.5. The molecule has 154 valence electrons. The van der Waals surface area contributed by atoms with E-state index in [1.165, 1.54) is 70.6 Å². The molecule has 0 heterocycles. The first-order valence-electron chi connectivity index (χ1n) is 11.3. The molecule has 0 aromatic carbocycles. The minimum Gasteiger partial charge on any atom is -0.466 e. The highest BCUT2D eigenvalue weighted by Crippen LogP contribution is 2.21. The van der Waals surface area contributed by atoms with Gasteiger partial charge in [0.1, 0.15) is 0 Å². The van der Waals surface area contributed by atoms with Crippen molar-refractivity contribution in [2.45, 2.75) is 117 Å². The molecule has 0 aliphatic rings. The summed E-state index contributed by atoms with van der Waals surface area (Å²) in [5.41, 5.74) is 0. The number of carbonyl (C=O) groups excluding carboxylic acids is 1. The van der Waals surface area contributed by atoms with Crippen molar-refractivity contribution in [3.8, 4) is 0 Å². The Morgan fingerprint density at radius 1 is 0.808 bits per heavy atom. The third-order valence-corrected chi connectivity index (χ3v) is 5.17. The van der Waals surface area contributed by atoms with E-state index in [4.69, 9.17) is 4.74 Å². The summed E-state index contributed by atoms with van der Waals surface area (Å²) < 4.78 is 5.49. The van der Waals surface area contributed by atoms with Gasteiger partial charge in [-0.1, -0.05) is 90.9 Å². The molecule has 3 nitrogen and oxygen atoms in total. The van der Waals surface area contributed by atoms with Gasteiger partial charge in [-0.3, -0.25) is 4.79 Å². The molecule has 0 aromatic heterocycles. The molecule has 0 unspecified atom stereocenters. The molecule has 0 saturated carbocycles. The average molecular weight is 368 g/mol. The van der Waals surface area contributed by atoms with E-state index in [0.717, 1.165) is 38.1 Å². The molecule has 0 atom stereocenters. The van der Waals surface area contributed by atoms with Crippen LogP contribution in [0.15, 0.2) is 4.99 Å². The summed E-state index contributed by atoms with van der Waals surface area (Å²) in [6.07, 6.45) is 19.0. The minimum absolute atomic E-state index is 0.00160. The predicted octanol–water partition coefficient (Wildman–Crippen LogP) is 7.13. The lowest BCUT2D eigenvalue weighted by molar-refractivity contribution is -0.144. The van der Waals surface area contributed by atoms with Crippen molar-refractivity contribution in [3.05, 3.63) is 0 Å². The summed E-state index contributed by atoms with van der Waals surface area (Å²) in [6.45, 7) is 9.51. The summed E-state index contributed by atoms with van der Waals surface area (Å²) in [7, 11) is 0. The van der Waals surface area contributed by atoms with Crippen molar-refractivity contribution >= 4 is 12.7 Å². The van der Waals surface area contributed by atoms with Crippen LogP contribution < -0.4 is 0 Å². The van der Waals surface area contributed by atoms with Gasteiger partial charge in [-0.2, -0.15) is 0 Å². The maximum absolute atomic E-state index is 11.9. The summed E-state index contributed by atoms with van der Waals surface area (Å²) in [5, 5.41) is 0. The van der Waals surface area contributed by atoms with Crippen LogP contribution in [-0.2, 0) is 9.53 Å². The Balaban J connectivity index is 3.67. The van der Waals surface area contributed by atoms with Crippen molar-refractivity contribution in [3.63, 3.8) is 0 Å². The van der Waals surface area contributed by atoms with Crippen LogP contribution in [0, 0.1) is 5.92 Å². The quantitative estimate of drug-likeness (QED) is 0.130. The lowest BCUT2D eigenvalue weighted by Gasteiger charge is -2.16. The zero-order chi connectivity index (χ0) is 19.3. The molecule has 0 aromatic rings. The van der Waals surface area contributed by atoms with Crippen molar-refractivity contribution < 1.29 is 9.53 Å². The normalized spacial score (nSPS) is 11.0. The number of ether oxygens (including phenoxy) is 1. The molecule has 0 saturated heterocycles. The third-order valence-electron chi connectivity index (χ3n) is 5.17. The molecule has 0 aliphatic heterocycles. The lowest BCUT2D eigenvalue weighted by atomic mass is 9.92. The number of hydrogen-bond acceptors (Lipinski definition) is 3. The van der Waals surface area contributed by atoms with Crippen LogP contribution in [0.2, 0.25) is 0 Å². The standard InChI is InChI=1S/C23H45NO2/c1-4-6-12-16-22(17-13-7-5-2)19-21-26-23(25)18-14-10-8-9-11-15-20-24-3/h22H,3-21H2,1-2H3. The van der Waals surface area contributed by atoms with Gasteiger partial charge >= 0.3 is 5.97 Å². The van der Waals surface area contributed by atoms with Gasteiger partial charge in [0.25, 0.3) is 0 Å². The van der Waals surface area contributed by atoms with Crippen LogP contribution in [-0.4, -0.2) is 25.8 Å². The Morgan fingerprint density at radius 3 is 1.96 bits per heavy atom. The van der Waals surface area contributed by atoms with E-state index in [0.29, 0.717) is 13.0 Å². The summed E-state index contributed by atoms with van der Waals surface area (Å²) >= 11 is 0. The van der Waals surface area contributed by atoms with Crippen LogP contribution in [0.1, 0.15) is 117 Å². The molecular formula is C23H45NO2. The fourth-order valence-electron chi connectivity index (χ4n) is 3.41. The SMILES string of the molecule is C=NCCCCCCCCC(=O)OCCC(CCCCC)CCCCC. The third kappa shape index (κ3) is 17.9. The fraction of sp³-hybridized carbons (Fsp3) is 0.913. The van der Waals surface area contributed by atoms with Gasteiger partial charge in [0.15, 0.2) is 0 Å². The molecule has 26 heavy (non-hydrogen) atoms. The summed E-state index contributed by atoms with van der Waals surface area (Å²) in [6, 6.07) is 0. The van der Waals surface area contributed by atoms with E-state index in [2.05, 4.69) is 25.6 Å². The van der Waals surface area contributed by atoms with Gasteiger partial charge in [-0.05, 0) is 31.9 Å². The number of esters is 1. The van der Waals surface area contributed by atoms with E-state index >= 15 is 0 Å². The van der Waals surface area contributed by atoms with Gasteiger partial charge in [0, 0.05) is 13.0 Å². The number of hydrogen-bond donors (Lipinski definition) is 0. The molecule has 0 fully saturated rings. The second-order valence-electron chi connectivity index (χ2n) is 7.69. The van der Waals surface area contributed by atoms with Gasteiger partial charge in [-0.15, -0.1) is 0 Å². The van der Waals surface area contributed by atoms with Gasteiger partial charge in [0.2, 0.25) is 0 Å². The maximum Gasteiger partial charge on any atom is 0.305 e. The summed E-state index contributed by atoms with van der Waals surface area (Å²) in [5.74, 6) is 0.743. The number of nitrogens with zero attached hydrogens (tertiary/aromatic N) is 1. The molecule has 0 amide bonds.